The lowest BCUT2D eigenvalue weighted by Gasteiger charge is -2.21. The van der Waals surface area contributed by atoms with Gasteiger partial charge in [0.05, 0.1) is 17.4 Å². The molecule has 1 fully saturated rings. The molecule has 1 saturated carbocycles. The van der Waals surface area contributed by atoms with Gasteiger partial charge in [-0.15, -0.1) is 0 Å². The van der Waals surface area contributed by atoms with E-state index in [4.69, 9.17) is 5.26 Å². The number of nitro groups is 1. The molecule has 0 radical (unpaired) electrons. The monoisotopic (exact) mass is 273 g/mol. The molecule has 1 aliphatic rings. The Kier molecular flexibility index (Phi) is 3.99. The van der Waals surface area contributed by atoms with E-state index in [1.165, 1.54) is 6.07 Å². The molecule has 1 aliphatic carbocycles. The van der Waals surface area contributed by atoms with Gasteiger partial charge in [0.25, 0.3) is 11.6 Å². The van der Waals surface area contributed by atoms with Crippen molar-refractivity contribution in [1.82, 2.24) is 4.90 Å². The van der Waals surface area contributed by atoms with Crippen LogP contribution < -0.4 is 0 Å². The van der Waals surface area contributed by atoms with E-state index < -0.39 is 4.92 Å². The van der Waals surface area contributed by atoms with Crippen molar-refractivity contribution in [1.29, 1.82) is 5.26 Å². The van der Waals surface area contributed by atoms with Gasteiger partial charge >= 0.3 is 0 Å². The molecule has 0 N–H and O–H groups in total. The number of rotatable bonds is 5. The quantitative estimate of drug-likeness (QED) is 0.608. The number of nitriles is 1. The first-order valence-electron chi connectivity index (χ1n) is 6.47. The van der Waals surface area contributed by atoms with Crippen molar-refractivity contribution in [2.45, 2.75) is 32.2 Å². The number of aryl methyl sites for hydroxylation is 1. The Bertz CT molecular complexity index is 588. The van der Waals surface area contributed by atoms with E-state index in [2.05, 4.69) is 0 Å². The molecule has 0 spiro atoms. The second-order valence-corrected chi connectivity index (χ2v) is 4.92. The summed E-state index contributed by atoms with van der Waals surface area (Å²) in [5.74, 6) is -0.349. The summed E-state index contributed by atoms with van der Waals surface area (Å²) in [7, 11) is 0. The van der Waals surface area contributed by atoms with E-state index in [9.17, 15) is 14.9 Å². The van der Waals surface area contributed by atoms with Gasteiger partial charge in [-0.25, -0.2) is 0 Å². The largest absolute Gasteiger partial charge is 0.334 e. The average molecular weight is 273 g/mol. The molecule has 0 bridgehead atoms. The lowest BCUT2D eigenvalue weighted by molar-refractivity contribution is -0.385. The highest BCUT2D eigenvalue weighted by Crippen LogP contribution is 2.30. The Hall–Kier alpha value is -2.42. The molecule has 0 atom stereocenters. The molecule has 20 heavy (non-hydrogen) atoms. The highest BCUT2D eigenvalue weighted by molar-refractivity contribution is 5.98. The predicted molar refractivity (Wildman–Crippen MR) is 72.1 cm³/mol. The Morgan fingerprint density at radius 1 is 1.55 bits per heavy atom. The van der Waals surface area contributed by atoms with Crippen LogP contribution in [-0.2, 0) is 0 Å². The second kappa shape index (κ2) is 5.70. The number of hydrogen-bond donors (Lipinski definition) is 0. The van der Waals surface area contributed by atoms with Gasteiger partial charge in [-0.2, -0.15) is 5.26 Å². The number of benzene rings is 1. The molecular weight excluding hydrogens is 258 g/mol. The number of carbonyl (C=O) groups is 1. The van der Waals surface area contributed by atoms with E-state index in [1.807, 2.05) is 6.07 Å². The normalized spacial score (nSPS) is 13.6. The molecule has 6 heteroatoms. The summed E-state index contributed by atoms with van der Waals surface area (Å²) in [5.41, 5.74) is 0.734. The van der Waals surface area contributed by atoms with E-state index >= 15 is 0 Å². The fourth-order valence-electron chi connectivity index (χ4n) is 2.14. The zero-order chi connectivity index (χ0) is 14.7. The highest BCUT2D eigenvalue weighted by atomic mass is 16.6. The van der Waals surface area contributed by atoms with E-state index in [0.717, 1.165) is 18.4 Å². The van der Waals surface area contributed by atoms with Gasteiger partial charge in [-0.1, -0.05) is 6.07 Å². The molecule has 1 aromatic carbocycles. The lowest BCUT2D eigenvalue weighted by atomic mass is 10.1. The zero-order valence-electron chi connectivity index (χ0n) is 11.2. The molecular formula is C14H15N3O3. The number of nitrogens with zero attached hydrogens (tertiary/aromatic N) is 3. The highest BCUT2D eigenvalue weighted by Gasteiger charge is 2.35. The van der Waals surface area contributed by atoms with Gasteiger partial charge in [0.15, 0.2) is 0 Å². The number of amides is 1. The molecule has 104 valence electrons. The van der Waals surface area contributed by atoms with Crippen molar-refractivity contribution in [3.05, 3.63) is 39.4 Å². The van der Waals surface area contributed by atoms with Crippen LogP contribution in [0.25, 0.3) is 0 Å². The molecule has 0 aromatic heterocycles. The third-order valence-corrected chi connectivity index (χ3v) is 3.29. The Labute approximate surface area is 116 Å². The standard InChI is InChI=1S/C14H15N3O3/c1-10-3-6-13(17(19)20)12(9-10)14(18)16(8-2-7-15)11-4-5-11/h3,6,9,11H,2,4-5,8H2,1H3. The van der Waals surface area contributed by atoms with Gasteiger partial charge in [0.1, 0.15) is 5.56 Å². The van der Waals surface area contributed by atoms with E-state index in [0.29, 0.717) is 6.54 Å². The molecule has 2 rings (SSSR count). The maximum atomic E-state index is 12.5. The van der Waals surface area contributed by atoms with Crippen LogP contribution in [0.5, 0.6) is 0 Å². The molecule has 0 unspecified atom stereocenters. The average Bonchev–Trinajstić information content (AvgIpc) is 3.23. The van der Waals surface area contributed by atoms with Crippen molar-refractivity contribution in [3.8, 4) is 6.07 Å². The molecule has 6 nitrogen and oxygen atoms in total. The first kappa shape index (κ1) is 14.0. The number of carbonyl (C=O) groups excluding carboxylic acids is 1. The van der Waals surface area contributed by atoms with Crippen LogP contribution in [0.15, 0.2) is 18.2 Å². The first-order valence-corrected chi connectivity index (χ1v) is 6.47. The van der Waals surface area contributed by atoms with Crippen LogP contribution in [0.1, 0.15) is 35.2 Å². The molecule has 1 aromatic rings. The van der Waals surface area contributed by atoms with Crippen molar-refractivity contribution in [2.24, 2.45) is 0 Å². The van der Waals surface area contributed by atoms with Gasteiger partial charge < -0.3 is 4.90 Å². The Balaban J connectivity index is 2.33. The van der Waals surface area contributed by atoms with Crippen molar-refractivity contribution < 1.29 is 9.72 Å². The van der Waals surface area contributed by atoms with Crippen LogP contribution in [0.3, 0.4) is 0 Å². The summed E-state index contributed by atoms with van der Waals surface area (Å²) in [4.78, 5) is 24.6. The third-order valence-electron chi connectivity index (χ3n) is 3.29. The van der Waals surface area contributed by atoms with Gasteiger partial charge in [-0.3, -0.25) is 14.9 Å². The Morgan fingerprint density at radius 2 is 2.25 bits per heavy atom. The van der Waals surface area contributed by atoms with Crippen molar-refractivity contribution in [2.75, 3.05) is 6.54 Å². The maximum absolute atomic E-state index is 12.5. The molecule has 0 saturated heterocycles. The van der Waals surface area contributed by atoms with E-state index in [-0.39, 0.29) is 29.6 Å². The summed E-state index contributed by atoms with van der Waals surface area (Å²) < 4.78 is 0. The molecule has 0 aliphatic heterocycles. The van der Waals surface area contributed by atoms with E-state index in [1.54, 1.807) is 24.0 Å². The van der Waals surface area contributed by atoms with Crippen molar-refractivity contribution in [3.63, 3.8) is 0 Å². The summed E-state index contributed by atoms with van der Waals surface area (Å²) in [6.45, 7) is 2.11. The van der Waals surface area contributed by atoms with Crippen LogP contribution in [-0.4, -0.2) is 28.3 Å². The summed E-state index contributed by atoms with van der Waals surface area (Å²) >= 11 is 0. The smallest absolute Gasteiger partial charge is 0.282 e. The molecule has 0 heterocycles. The topological polar surface area (TPSA) is 87.2 Å². The first-order chi connectivity index (χ1) is 9.54. The van der Waals surface area contributed by atoms with Gasteiger partial charge in [0, 0.05) is 18.7 Å². The fraction of sp³-hybridized carbons (Fsp3) is 0.429. The third kappa shape index (κ3) is 2.94. The van der Waals surface area contributed by atoms with Crippen LogP contribution in [0, 0.1) is 28.4 Å². The Morgan fingerprint density at radius 3 is 2.80 bits per heavy atom. The minimum Gasteiger partial charge on any atom is -0.334 e. The van der Waals surface area contributed by atoms with Gasteiger partial charge in [0.2, 0.25) is 0 Å². The van der Waals surface area contributed by atoms with Crippen LogP contribution >= 0.6 is 0 Å². The summed E-state index contributed by atoms with van der Waals surface area (Å²) in [6, 6.07) is 6.65. The fourth-order valence-corrected chi connectivity index (χ4v) is 2.14. The molecule has 1 amide bonds. The maximum Gasteiger partial charge on any atom is 0.282 e. The minimum absolute atomic E-state index is 0.111. The number of nitro benzene ring substituents is 1. The second-order valence-electron chi connectivity index (χ2n) is 4.92. The number of hydrogen-bond acceptors (Lipinski definition) is 4. The lowest BCUT2D eigenvalue weighted by Crippen LogP contribution is -2.34. The predicted octanol–water partition coefficient (Wildman–Crippen LogP) is 2.42. The summed E-state index contributed by atoms with van der Waals surface area (Å²) in [6.07, 6.45) is 2.04. The summed E-state index contributed by atoms with van der Waals surface area (Å²) in [5, 5.41) is 19.7. The van der Waals surface area contributed by atoms with Crippen LogP contribution in [0.2, 0.25) is 0 Å². The van der Waals surface area contributed by atoms with Gasteiger partial charge in [-0.05, 0) is 31.4 Å². The minimum atomic E-state index is -0.540. The van der Waals surface area contributed by atoms with Crippen molar-refractivity contribution >= 4 is 11.6 Å². The SMILES string of the molecule is Cc1ccc([N+](=O)[O-])c(C(=O)N(CCC#N)C2CC2)c1. The zero-order valence-corrected chi connectivity index (χ0v) is 11.2. The van der Waals surface area contributed by atoms with Crippen LogP contribution in [0.4, 0.5) is 5.69 Å².